The largest absolute Gasteiger partial charge is 0.303 e. The van der Waals surface area contributed by atoms with Gasteiger partial charge in [0.25, 0.3) is 0 Å². The molecule has 0 aliphatic rings. The van der Waals surface area contributed by atoms with Crippen LogP contribution in [0.5, 0.6) is 0 Å². The number of imide groups is 1. The average molecular weight is 203 g/mol. The Morgan fingerprint density at radius 1 is 1.38 bits per heavy atom. The molecule has 74 valence electrons. The third kappa shape index (κ3) is 5.41. The van der Waals surface area contributed by atoms with Crippen molar-refractivity contribution in [1.29, 1.82) is 0 Å². The van der Waals surface area contributed by atoms with Gasteiger partial charge in [0.1, 0.15) is 6.29 Å². The second-order valence-electron chi connectivity index (χ2n) is 2.48. The van der Waals surface area contributed by atoms with Gasteiger partial charge in [0.15, 0.2) is 0 Å². The van der Waals surface area contributed by atoms with Crippen LogP contribution in [-0.4, -0.2) is 35.8 Å². The second-order valence-corrected chi connectivity index (χ2v) is 2.92. The van der Waals surface area contributed by atoms with E-state index in [1.165, 1.54) is 0 Å². The van der Waals surface area contributed by atoms with Crippen molar-refractivity contribution in [2.75, 3.05) is 12.3 Å². The molecule has 0 aromatic rings. The van der Waals surface area contributed by atoms with Gasteiger partial charge in [-0.05, 0) is 12.2 Å². The molecule has 0 atom stereocenters. The van der Waals surface area contributed by atoms with Gasteiger partial charge in [0.05, 0.1) is 0 Å². The molecule has 2 amide bonds. The molecule has 0 aliphatic heterocycles. The fraction of sp³-hybridized carbons (Fsp3) is 0.625. The zero-order valence-corrected chi connectivity index (χ0v) is 8.20. The minimum atomic E-state index is -0.240. The minimum absolute atomic E-state index is 0.240. The van der Waals surface area contributed by atoms with Gasteiger partial charge in [-0.25, -0.2) is 0 Å². The molecule has 0 fully saturated rings. The Kier molecular flexibility index (Phi) is 7.29. The van der Waals surface area contributed by atoms with Crippen molar-refractivity contribution in [2.24, 2.45) is 0 Å². The van der Waals surface area contributed by atoms with E-state index in [2.05, 4.69) is 12.6 Å². The third-order valence-corrected chi connectivity index (χ3v) is 1.72. The highest BCUT2D eigenvalue weighted by atomic mass is 32.1. The van der Waals surface area contributed by atoms with Crippen LogP contribution in [-0.2, 0) is 14.4 Å². The molecular weight excluding hydrogens is 190 g/mol. The molecule has 0 saturated heterocycles. The summed E-state index contributed by atoms with van der Waals surface area (Å²) in [4.78, 5) is 32.6. The Morgan fingerprint density at radius 2 is 2.08 bits per heavy atom. The highest BCUT2D eigenvalue weighted by molar-refractivity contribution is 7.80. The van der Waals surface area contributed by atoms with E-state index in [1.807, 2.05) is 0 Å². The Labute approximate surface area is 82.7 Å². The Balaban J connectivity index is 3.79. The summed E-state index contributed by atoms with van der Waals surface area (Å²) in [6, 6.07) is 0. The van der Waals surface area contributed by atoms with E-state index in [9.17, 15) is 14.4 Å². The normalized spacial score (nSPS) is 9.31. The molecule has 0 spiro atoms. The van der Waals surface area contributed by atoms with Crippen LogP contribution in [0.4, 0.5) is 0 Å². The summed E-state index contributed by atoms with van der Waals surface area (Å²) in [5.74, 6) is 0.188. The predicted octanol–water partition coefficient (Wildman–Crippen LogP) is 0.270. The molecule has 13 heavy (non-hydrogen) atoms. The first kappa shape index (κ1) is 12.2. The van der Waals surface area contributed by atoms with Gasteiger partial charge in [0.2, 0.25) is 12.3 Å². The number of nitrogens with zero attached hydrogens (tertiary/aromatic N) is 1. The molecule has 0 bridgehead atoms. The minimum Gasteiger partial charge on any atom is -0.303 e. The van der Waals surface area contributed by atoms with Gasteiger partial charge >= 0.3 is 0 Å². The zero-order chi connectivity index (χ0) is 10.1. The summed E-state index contributed by atoms with van der Waals surface area (Å²) in [6.45, 7) is 0.314. The molecule has 0 saturated carbocycles. The molecular formula is C8H13NO3S. The molecule has 0 aromatic carbocycles. The smallest absolute Gasteiger partial charge is 0.229 e. The highest BCUT2D eigenvalue weighted by Gasteiger charge is 2.10. The number of hydrogen-bond donors (Lipinski definition) is 1. The van der Waals surface area contributed by atoms with Crippen molar-refractivity contribution in [3.05, 3.63) is 0 Å². The first-order valence-electron chi connectivity index (χ1n) is 4.05. The maximum absolute atomic E-state index is 11.1. The second kappa shape index (κ2) is 7.79. The molecule has 0 unspecified atom stereocenters. The number of rotatable bonds is 7. The lowest BCUT2D eigenvalue weighted by Crippen LogP contribution is -2.30. The lowest BCUT2D eigenvalue weighted by Gasteiger charge is -2.13. The predicted molar refractivity (Wildman–Crippen MR) is 51.5 cm³/mol. The van der Waals surface area contributed by atoms with Gasteiger partial charge in [-0.15, -0.1) is 0 Å². The Hall–Kier alpha value is -0.840. The van der Waals surface area contributed by atoms with Crippen molar-refractivity contribution < 1.29 is 14.4 Å². The molecule has 0 aliphatic carbocycles. The van der Waals surface area contributed by atoms with Crippen molar-refractivity contribution in [3.8, 4) is 0 Å². The summed E-state index contributed by atoms with van der Waals surface area (Å²) in [6.07, 6.45) is 2.42. The highest BCUT2D eigenvalue weighted by Crippen LogP contribution is 1.96. The van der Waals surface area contributed by atoms with E-state index in [0.29, 0.717) is 31.5 Å². The zero-order valence-electron chi connectivity index (χ0n) is 7.31. The van der Waals surface area contributed by atoms with E-state index < -0.39 is 0 Å². The lowest BCUT2D eigenvalue weighted by atomic mass is 10.3. The van der Waals surface area contributed by atoms with Crippen LogP contribution in [0.25, 0.3) is 0 Å². The van der Waals surface area contributed by atoms with Crippen LogP contribution in [0.2, 0.25) is 0 Å². The number of carbonyl (C=O) groups excluding carboxylic acids is 3. The summed E-state index contributed by atoms with van der Waals surface area (Å²) in [7, 11) is 0. The van der Waals surface area contributed by atoms with Crippen LogP contribution in [0.15, 0.2) is 0 Å². The monoisotopic (exact) mass is 203 g/mol. The summed E-state index contributed by atoms with van der Waals surface area (Å²) >= 11 is 3.88. The molecule has 4 nitrogen and oxygen atoms in total. The van der Waals surface area contributed by atoms with Gasteiger partial charge in [-0.3, -0.25) is 14.5 Å². The van der Waals surface area contributed by atoms with Crippen molar-refractivity contribution in [2.45, 2.75) is 19.3 Å². The van der Waals surface area contributed by atoms with Crippen molar-refractivity contribution >= 4 is 31.2 Å². The van der Waals surface area contributed by atoms with Crippen molar-refractivity contribution in [1.82, 2.24) is 4.90 Å². The van der Waals surface area contributed by atoms with E-state index in [0.717, 1.165) is 11.2 Å². The van der Waals surface area contributed by atoms with Crippen LogP contribution in [0.1, 0.15) is 19.3 Å². The number of aldehydes is 1. The fourth-order valence-electron chi connectivity index (χ4n) is 0.820. The van der Waals surface area contributed by atoms with Gasteiger partial charge < -0.3 is 4.79 Å². The van der Waals surface area contributed by atoms with Crippen LogP contribution < -0.4 is 0 Å². The molecule has 0 heterocycles. The lowest BCUT2D eigenvalue weighted by molar-refractivity contribution is -0.138. The average Bonchev–Trinajstić information content (AvgIpc) is 2.13. The standard InChI is InChI=1S/C8H13NO3S/c10-5-2-1-4-9(7-11)8(12)3-6-13/h5,7,13H,1-4,6H2. The van der Waals surface area contributed by atoms with Gasteiger partial charge in [0, 0.05) is 19.4 Å². The maximum Gasteiger partial charge on any atom is 0.229 e. The van der Waals surface area contributed by atoms with E-state index in [4.69, 9.17) is 0 Å². The first-order chi connectivity index (χ1) is 6.26. The molecule has 0 N–H and O–H groups in total. The molecule has 0 radical (unpaired) electrons. The van der Waals surface area contributed by atoms with Gasteiger partial charge in [-0.1, -0.05) is 0 Å². The number of carbonyl (C=O) groups is 3. The van der Waals surface area contributed by atoms with Gasteiger partial charge in [-0.2, -0.15) is 12.6 Å². The van der Waals surface area contributed by atoms with Crippen LogP contribution in [0, 0.1) is 0 Å². The Morgan fingerprint density at radius 3 is 2.54 bits per heavy atom. The number of thiol groups is 1. The van der Waals surface area contributed by atoms with Crippen molar-refractivity contribution in [3.63, 3.8) is 0 Å². The first-order valence-corrected chi connectivity index (χ1v) is 4.68. The topological polar surface area (TPSA) is 54.5 Å². The van der Waals surface area contributed by atoms with Crippen LogP contribution in [0.3, 0.4) is 0 Å². The Bertz CT molecular complexity index is 184. The summed E-state index contributed by atoms with van der Waals surface area (Å²) in [5, 5.41) is 0. The fourth-order valence-corrected chi connectivity index (χ4v) is 1.01. The SMILES string of the molecule is O=CCCCN(C=O)C(=O)CCS. The number of unbranched alkanes of at least 4 members (excludes halogenated alkanes) is 1. The number of amides is 2. The quantitative estimate of drug-likeness (QED) is 0.367. The third-order valence-electron chi connectivity index (χ3n) is 1.49. The maximum atomic E-state index is 11.1. The van der Waals surface area contributed by atoms with E-state index in [1.54, 1.807) is 0 Å². The molecule has 0 rings (SSSR count). The van der Waals surface area contributed by atoms with E-state index in [-0.39, 0.29) is 12.3 Å². The summed E-state index contributed by atoms with van der Waals surface area (Å²) < 4.78 is 0. The summed E-state index contributed by atoms with van der Waals surface area (Å²) in [5.41, 5.74) is 0. The molecule has 5 heteroatoms. The van der Waals surface area contributed by atoms with Crippen LogP contribution >= 0.6 is 12.6 Å². The molecule has 0 aromatic heterocycles. The number of hydrogen-bond acceptors (Lipinski definition) is 4. The van der Waals surface area contributed by atoms with E-state index >= 15 is 0 Å².